The quantitative estimate of drug-likeness (QED) is 0.526. The van der Waals surface area contributed by atoms with Crippen molar-refractivity contribution in [1.82, 2.24) is 19.7 Å². The number of carbonyl (C=O) groups excluding carboxylic acids is 2. The zero-order valence-corrected chi connectivity index (χ0v) is 17.5. The van der Waals surface area contributed by atoms with Gasteiger partial charge in [-0.05, 0) is 31.9 Å². The molecule has 9 heteroatoms. The molecule has 1 aromatic heterocycles. The van der Waals surface area contributed by atoms with Gasteiger partial charge >= 0.3 is 5.97 Å². The minimum Gasteiger partial charge on any atom is -0.466 e. The molecule has 1 saturated heterocycles. The molecule has 0 spiro atoms. The number of likely N-dealkylation sites (tertiary alicyclic amines) is 1. The molecule has 28 heavy (non-hydrogen) atoms. The van der Waals surface area contributed by atoms with Crippen LogP contribution in [0.15, 0.2) is 29.4 Å². The van der Waals surface area contributed by atoms with E-state index >= 15 is 0 Å². The lowest BCUT2D eigenvalue weighted by molar-refractivity contribution is -0.151. The molecule has 2 heterocycles. The molecular formula is C19H23ClN4O3S. The highest BCUT2D eigenvalue weighted by atomic mass is 35.5. The summed E-state index contributed by atoms with van der Waals surface area (Å²) in [7, 11) is 1.85. The van der Waals surface area contributed by atoms with Crippen molar-refractivity contribution in [1.29, 1.82) is 0 Å². The maximum atomic E-state index is 12.6. The molecule has 0 radical (unpaired) electrons. The zero-order chi connectivity index (χ0) is 20.1. The first-order valence-electron chi connectivity index (χ1n) is 9.22. The summed E-state index contributed by atoms with van der Waals surface area (Å²) in [4.78, 5) is 26.3. The summed E-state index contributed by atoms with van der Waals surface area (Å²) in [5, 5.41) is 9.65. The third-order valence-electron chi connectivity index (χ3n) is 4.67. The number of hydrogen-bond acceptors (Lipinski definition) is 6. The summed E-state index contributed by atoms with van der Waals surface area (Å²) < 4.78 is 6.92. The molecular weight excluding hydrogens is 400 g/mol. The van der Waals surface area contributed by atoms with Crippen molar-refractivity contribution < 1.29 is 14.3 Å². The Morgan fingerprint density at radius 1 is 1.32 bits per heavy atom. The van der Waals surface area contributed by atoms with Crippen LogP contribution in [0.4, 0.5) is 0 Å². The molecule has 0 aliphatic carbocycles. The van der Waals surface area contributed by atoms with E-state index in [-0.39, 0.29) is 23.5 Å². The molecule has 1 fully saturated rings. The second-order valence-corrected chi connectivity index (χ2v) is 7.91. The van der Waals surface area contributed by atoms with Crippen LogP contribution in [0.1, 0.15) is 19.8 Å². The molecule has 3 rings (SSSR count). The normalized spacial score (nSPS) is 16.8. The van der Waals surface area contributed by atoms with Gasteiger partial charge < -0.3 is 14.2 Å². The molecule has 0 unspecified atom stereocenters. The van der Waals surface area contributed by atoms with Crippen LogP contribution in [0.3, 0.4) is 0 Å². The van der Waals surface area contributed by atoms with Gasteiger partial charge in [-0.2, -0.15) is 0 Å². The number of aromatic nitrogens is 3. The predicted molar refractivity (Wildman–Crippen MR) is 108 cm³/mol. The fourth-order valence-electron chi connectivity index (χ4n) is 3.19. The van der Waals surface area contributed by atoms with Crippen LogP contribution in [-0.2, 0) is 21.4 Å². The Labute approximate surface area is 173 Å². The topological polar surface area (TPSA) is 77.3 Å². The van der Waals surface area contributed by atoms with Crippen molar-refractivity contribution in [3.05, 3.63) is 29.3 Å². The highest BCUT2D eigenvalue weighted by Gasteiger charge is 2.29. The van der Waals surface area contributed by atoms with E-state index in [9.17, 15) is 9.59 Å². The average molecular weight is 423 g/mol. The number of hydrogen-bond donors (Lipinski definition) is 0. The van der Waals surface area contributed by atoms with Gasteiger partial charge in [-0.15, -0.1) is 10.2 Å². The Morgan fingerprint density at radius 2 is 2.11 bits per heavy atom. The van der Waals surface area contributed by atoms with Crippen LogP contribution in [0.5, 0.6) is 0 Å². The first kappa shape index (κ1) is 20.7. The lowest BCUT2D eigenvalue weighted by Gasteiger charge is -2.31. The second-order valence-electron chi connectivity index (χ2n) is 6.56. The van der Waals surface area contributed by atoms with Crippen molar-refractivity contribution in [2.24, 2.45) is 13.0 Å². The zero-order valence-electron chi connectivity index (χ0n) is 15.9. The fourth-order valence-corrected chi connectivity index (χ4v) is 4.23. The molecule has 1 aromatic carbocycles. The van der Waals surface area contributed by atoms with E-state index in [1.165, 1.54) is 11.8 Å². The highest BCUT2D eigenvalue weighted by molar-refractivity contribution is 7.99. The number of ether oxygens (including phenoxy) is 1. The van der Waals surface area contributed by atoms with E-state index in [1.807, 2.05) is 29.8 Å². The van der Waals surface area contributed by atoms with E-state index in [0.29, 0.717) is 35.7 Å². The minimum absolute atomic E-state index is 0.0127. The molecule has 1 atom stereocenters. The average Bonchev–Trinajstić information content (AvgIpc) is 3.07. The number of rotatable bonds is 6. The van der Waals surface area contributed by atoms with Crippen molar-refractivity contribution in [3.8, 4) is 11.4 Å². The Bertz CT molecular complexity index is 857. The minimum atomic E-state index is -0.232. The summed E-state index contributed by atoms with van der Waals surface area (Å²) in [6, 6.07) is 7.44. The first-order valence-corrected chi connectivity index (χ1v) is 10.6. The van der Waals surface area contributed by atoms with Crippen LogP contribution in [-0.4, -0.2) is 57.0 Å². The van der Waals surface area contributed by atoms with Crippen LogP contribution in [0, 0.1) is 5.92 Å². The van der Waals surface area contributed by atoms with Crippen LogP contribution < -0.4 is 0 Å². The van der Waals surface area contributed by atoms with Crippen molar-refractivity contribution >= 4 is 35.2 Å². The maximum Gasteiger partial charge on any atom is 0.310 e. The van der Waals surface area contributed by atoms with Gasteiger partial charge in [0.15, 0.2) is 11.0 Å². The monoisotopic (exact) mass is 422 g/mol. The summed E-state index contributed by atoms with van der Waals surface area (Å²) >= 11 is 7.57. The van der Waals surface area contributed by atoms with E-state index in [1.54, 1.807) is 17.9 Å². The van der Waals surface area contributed by atoms with E-state index in [2.05, 4.69) is 10.2 Å². The summed E-state index contributed by atoms with van der Waals surface area (Å²) in [5.41, 5.74) is 0.797. The number of thioether (sulfide) groups is 1. The lowest BCUT2D eigenvalue weighted by atomic mass is 9.98. The molecule has 2 aromatic rings. The third kappa shape index (κ3) is 4.67. The first-order chi connectivity index (χ1) is 13.5. The molecule has 1 amide bonds. The van der Waals surface area contributed by atoms with Gasteiger partial charge in [-0.1, -0.05) is 35.5 Å². The number of carbonyl (C=O) groups is 2. The predicted octanol–water partition coefficient (Wildman–Crippen LogP) is 3.03. The van der Waals surface area contributed by atoms with Gasteiger partial charge in [-0.25, -0.2) is 0 Å². The molecule has 1 aliphatic rings. The number of piperidine rings is 1. The standard InChI is InChI=1S/C19H23ClN4O3S/c1-3-27-18(26)13-7-6-10-24(11-13)16(25)12-28-19-22-21-17(23(19)2)14-8-4-5-9-15(14)20/h4-5,8-9,13H,3,6-7,10-12H2,1-2H3/t13-/m0/s1. The molecule has 150 valence electrons. The van der Waals surface area contributed by atoms with E-state index in [4.69, 9.17) is 16.3 Å². The Balaban J connectivity index is 1.61. The number of amides is 1. The largest absolute Gasteiger partial charge is 0.466 e. The Hall–Kier alpha value is -2.06. The Kier molecular flexibility index (Phi) is 6.96. The van der Waals surface area contributed by atoms with Crippen molar-refractivity contribution in [3.63, 3.8) is 0 Å². The van der Waals surface area contributed by atoms with Crippen molar-refractivity contribution in [2.75, 3.05) is 25.4 Å². The lowest BCUT2D eigenvalue weighted by Crippen LogP contribution is -2.43. The van der Waals surface area contributed by atoms with Crippen LogP contribution >= 0.6 is 23.4 Å². The van der Waals surface area contributed by atoms with Gasteiger partial charge in [0.05, 0.1) is 23.3 Å². The molecule has 0 N–H and O–H groups in total. The number of halogens is 1. The van der Waals surface area contributed by atoms with Gasteiger partial charge in [0.25, 0.3) is 0 Å². The molecule has 1 aliphatic heterocycles. The number of nitrogens with zero attached hydrogens (tertiary/aromatic N) is 4. The van der Waals surface area contributed by atoms with Gasteiger partial charge in [-0.3, -0.25) is 9.59 Å². The van der Waals surface area contributed by atoms with Gasteiger partial charge in [0, 0.05) is 25.7 Å². The fraction of sp³-hybridized carbons (Fsp3) is 0.474. The second kappa shape index (κ2) is 9.43. The molecule has 7 nitrogen and oxygen atoms in total. The summed E-state index contributed by atoms with van der Waals surface area (Å²) in [6.07, 6.45) is 1.57. The smallest absolute Gasteiger partial charge is 0.310 e. The number of benzene rings is 1. The van der Waals surface area contributed by atoms with Crippen molar-refractivity contribution in [2.45, 2.75) is 24.9 Å². The van der Waals surface area contributed by atoms with Crippen LogP contribution in [0.25, 0.3) is 11.4 Å². The molecule has 0 saturated carbocycles. The van der Waals surface area contributed by atoms with Gasteiger partial charge in [0.1, 0.15) is 0 Å². The SMILES string of the molecule is CCOC(=O)[C@H]1CCCN(C(=O)CSc2nnc(-c3ccccc3Cl)n2C)C1. The van der Waals surface area contributed by atoms with E-state index < -0.39 is 0 Å². The highest BCUT2D eigenvalue weighted by Crippen LogP contribution is 2.28. The third-order valence-corrected chi connectivity index (χ3v) is 6.00. The summed E-state index contributed by atoms with van der Waals surface area (Å²) in [6.45, 7) is 3.23. The summed E-state index contributed by atoms with van der Waals surface area (Å²) in [5.74, 6) is 0.432. The maximum absolute atomic E-state index is 12.6. The van der Waals surface area contributed by atoms with E-state index in [0.717, 1.165) is 18.4 Å². The van der Waals surface area contributed by atoms with Crippen LogP contribution in [0.2, 0.25) is 5.02 Å². The number of esters is 1. The van der Waals surface area contributed by atoms with Gasteiger partial charge in [0.2, 0.25) is 5.91 Å². The molecule has 0 bridgehead atoms. The Morgan fingerprint density at radius 3 is 2.86 bits per heavy atom.